The van der Waals surface area contributed by atoms with E-state index in [-0.39, 0.29) is 16.0 Å². The number of hydrogen-bond acceptors (Lipinski definition) is 3. The van der Waals surface area contributed by atoms with Crippen molar-refractivity contribution in [2.24, 2.45) is 5.41 Å². The van der Waals surface area contributed by atoms with Crippen molar-refractivity contribution < 1.29 is 14.3 Å². The molecule has 1 unspecified atom stereocenters. The van der Waals surface area contributed by atoms with Crippen molar-refractivity contribution in [3.05, 3.63) is 58.1 Å². The van der Waals surface area contributed by atoms with Crippen molar-refractivity contribution >= 4 is 64.0 Å². The van der Waals surface area contributed by atoms with Gasteiger partial charge in [-0.2, -0.15) is 0 Å². The first-order chi connectivity index (χ1) is 13.1. The molecule has 5 nitrogen and oxygen atoms in total. The van der Waals surface area contributed by atoms with Gasteiger partial charge >= 0.3 is 6.03 Å². The maximum atomic E-state index is 12.1. The first-order valence-corrected chi connectivity index (χ1v) is 9.79. The number of imide groups is 1. The molecule has 1 fully saturated rings. The van der Waals surface area contributed by atoms with Gasteiger partial charge in [-0.3, -0.25) is 10.1 Å². The van der Waals surface area contributed by atoms with E-state index in [1.54, 1.807) is 30.3 Å². The van der Waals surface area contributed by atoms with E-state index >= 15 is 0 Å². The van der Waals surface area contributed by atoms with Crippen LogP contribution in [0.4, 0.5) is 10.5 Å². The van der Waals surface area contributed by atoms with Crippen LogP contribution in [0.25, 0.3) is 0 Å². The van der Waals surface area contributed by atoms with Crippen LogP contribution in [0.3, 0.4) is 0 Å². The summed E-state index contributed by atoms with van der Waals surface area (Å²) in [6.07, 6.45) is 0.639. The lowest BCUT2D eigenvalue weighted by Gasteiger charge is -2.15. The number of amides is 3. The number of carbonyl (C=O) groups excluding carboxylic acids is 2. The summed E-state index contributed by atoms with van der Waals surface area (Å²) < 4.78 is 4.91. The van der Waals surface area contributed by atoms with Gasteiger partial charge in [0.25, 0.3) is 5.91 Å². The maximum Gasteiger partial charge on any atom is 0.326 e. The maximum absolute atomic E-state index is 12.1. The normalized spacial score (nSPS) is 19.6. The second-order valence-electron chi connectivity index (χ2n) is 6.76. The first-order valence-electron chi connectivity index (χ1n) is 8.28. The van der Waals surface area contributed by atoms with E-state index in [1.165, 1.54) is 12.1 Å². The zero-order valence-electron chi connectivity index (χ0n) is 14.7. The van der Waals surface area contributed by atoms with Gasteiger partial charge in [0.15, 0.2) is 0 Å². The van der Waals surface area contributed by atoms with E-state index in [0.717, 1.165) is 0 Å². The Kier molecular flexibility index (Phi) is 6.01. The Hall–Kier alpha value is -1.66. The topological polar surface area (TPSA) is 67.4 Å². The van der Waals surface area contributed by atoms with Crippen molar-refractivity contribution in [3.8, 4) is 5.75 Å². The Bertz CT molecular complexity index is 935. The molecule has 0 heterocycles. The Balaban J connectivity index is 1.57. The van der Waals surface area contributed by atoms with Crippen LogP contribution >= 0.6 is 46.4 Å². The summed E-state index contributed by atoms with van der Waals surface area (Å²) in [7, 11) is 0. The van der Waals surface area contributed by atoms with E-state index in [1.807, 2.05) is 6.92 Å². The van der Waals surface area contributed by atoms with Crippen molar-refractivity contribution in [1.82, 2.24) is 5.32 Å². The van der Waals surface area contributed by atoms with Crippen LogP contribution in [0.15, 0.2) is 42.5 Å². The van der Waals surface area contributed by atoms with Gasteiger partial charge in [-0.05, 0) is 36.8 Å². The molecule has 2 aromatic rings. The fourth-order valence-electron chi connectivity index (χ4n) is 2.51. The Morgan fingerprint density at radius 3 is 2.39 bits per heavy atom. The summed E-state index contributed by atoms with van der Waals surface area (Å²) in [5, 5.41) is 5.29. The molecule has 2 N–H and O–H groups in total. The van der Waals surface area contributed by atoms with Crippen LogP contribution in [0.5, 0.6) is 5.75 Å². The van der Waals surface area contributed by atoms with E-state index in [4.69, 9.17) is 51.1 Å². The molecular weight excluding hydrogens is 446 g/mol. The third-order valence-electron chi connectivity index (χ3n) is 4.45. The third kappa shape index (κ3) is 4.66. The molecule has 0 saturated heterocycles. The van der Waals surface area contributed by atoms with Gasteiger partial charge in [-0.25, -0.2) is 4.79 Å². The molecule has 1 saturated carbocycles. The summed E-state index contributed by atoms with van der Waals surface area (Å²) in [5.41, 5.74) is 0.266. The molecule has 2 aromatic carbocycles. The predicted octanol–water partition coefficient (Wildman–Crippen LogP) is 5.92. The smallest absolute Gasteiger partial charge is 0.326 e. The van der Waals surface area contributed by atoms with Gasteiger partial charge in [0.05, 0.1) is 22.2 Å². The number of carbonyl (C=O) groups is 2. The largest absolute Gasteiger partial charge is 0.491 e. The molecule has 1 aliphatic carbocycles. The van der Waals surface area contributed by atoms with Crippen LogP contribution in [0.1, 0.15) is 23.7 Å². The van der Waals surface area contributed by atoms with Gasteiger partial charge in [0.1, 0.15) is 10.1 Å². The molecule has 0 aromatic heterocycles. The van der Waals surface area contributed by atoms with Gasteiger partial charge in [0, 0.05) is 11.1 Å². The van der Waals surface area contributed by atoms with Crippen LogP contribution in [0.2, 0.25) is 10.0 Å². The van der Waals surface area contributed by atoms with Crippen LogP contribution in [-0.2, 0) is 0 Å². The van der Waals surface area contributed by atoms with Crippen LogP contribution in [-0.4, -0.2) is 22.9 Å². The highest BCUT2D eigenvalue weighted by Gasteiger charge is 2.63. The Morgan fingerprint density at radius 1 is 1.11 bits per heavy atom. The number of rotatable bonds is 5. The van der Waals surface area contributed by atoms with E-state index in [2.05, 4.69) is 10.6 Å². The van der Waals surface area contributed by atoms with Crippen molar-refractivity contribution in [2.45, 2.75) is 17.7 Å². The minimum Gasteiger partial charge on any atom is -0.491 e. The number of ether oxygens (including phenoxy) is 1. The fraction of sp³-hybridized carbons (Fsp3) is 0.263. The zero-order chi connectivity index (χ0) is 20.5. The molecule has 0 radical (unpaired) electrons. The average molecular weight is 462 g/mol. The summed E-state index contributed by atoms with van der Waals surface area (Å²) in [6.45, 7) is 2.25. The van der Waals surface area contributed by atoms with Gasteiger partial charge < -0.3 is 10.1 Å². The lowest BCUT2D eigenvalue weighted by molar-refractivity contribution is 0.0967. The molecule has 1 aliphatic rings. The minimum atomic E-state index is -0.784. The van der Waals surface area contributed by atoms with Gasteiger partial charge in [-0.1, -0.05) is 42.3 Å². The summed E-state index contributed by atoms with van der Waals surface area (Å²) >= 11 is 24.3. The molecule has 9 heteroatoms. The minimum absolute atomic E-state index is 0.198. The molecule has 3 amide bonds. The molecule has 0 spiro atoms. The summed E-state index contributed by atoms with van der Waals surface area (Å²) in [5.74, 6) is -0.172. The zero-order valence-corrected chi connectivity index (χ0v) is 17.7. The highest BCUT2D eigenvalue weighted by molar-refractivity contribution is 6.51. The molecule has 1 atom stereocenters. The Morgan fingerprint density at radius 2 is 1.79 bits per heavy atom. The fourth-order valence-corrected chi connectivity index (χ4v) is 3.67. The lowest BCUT2D eigenvalue weighted by Crippen LogP contribution is -2.34. The monoisotopic (exact) mass is 460 g/mol. The third-order valence-corrected chi connectivity index (χ3v) is 6.26. The summed E-state index contributed by atoms with van der Waals surface area (Å²) in [4.78, 5) is 24.2. The predicted molar refractivity (Wildman–Crippen MR) is 112 cm³/mol. The first kappa shape index (κ1) is 21.1. The molecule has 3 rings (SSSR count). The van der Waals surface area contributed by atoms with Gasteiger partial charge in [0.2, 0.25) is 0 Å². The number of benzene rings is 2. The Labute approximate surface area is 182 Å². The summed E-state index contributed by atoms with van der Waals surface area (Å²) in [6, 6.07) is 10.4. The number of hydrogen-bond donors (Lipinski definition) is 2. The average Bonchev–Trinajstić information content (AvgIpc) is 3.12. The molecule has 148 valence electrons. The second-order valence-corrected chi connectivity index (χ2v) is 9.06. The number of anilines is 1. The molecular formula is C19H16Cl4N2O3. The van der Waals surface area contributed by atoms with Crippen LogP contribution < -0.4 is 15.4 Å². The number of alkyl halides is 2. The van der Waals surface area contributed by atoms with Crippen LogP contribution in [0, 0.1) is 5.41 Å². The standard InChI is InChI=1S/C19H16Cl4N2O3/c1-18(9-19(18,22)23)10-28-15-7-6-11(8-14(15)21)24-17(27)25-16(26)12-4-2-3-5-13(12)20/h2-8H,9-10H2,1H3,(H2,24,25,26,27). The number of urea groups is 1. The number of halogens is 4. The number of nitrogens with one attached hydrogen (secondary N) is 2. The van der Waals surface area contributed by atoms with E-state index < -0.39 is 16.3 Å². The molecule has 28 heavy (non-hydrogen) atoms. The van der Waals surface area contributed by atoms with Gasteiger partial charge in [-0.15, -0.1) is 23.2 Å². The SMILES string of the molecule is CC1(COc2ccc(NC(=O)NC(=O)c3ccccc3Cl)cc2Cl)CC1(Cl)Cl. The molecule has 0 aliphatic heterocycles. The molecule has 0 bridgehead atoms. The van der Waals surface area contributed by atoms with Crippen molar-refractivity contribution in [2.75, 3.05) is 11.9 Å². The van der Waals surface area contributed by atoms with Crippen molar-refractivity contribution in [1.29, 1.82) is 0 Å². The highest BCUT2D eigenvalue weighted by atomic mass is 35.5. The van der Waals surface area contributed by atoms with E-state index in [0.29, 0.717) is 29.5 Å². The van der Waals surface area contributed by atoms with E-state index in [9.17, 15) is 9.59 Å². The quantitative estimate of drug-likeness (QED) is 0.543. The highest BCUT2D eigenvalue weighted by Crippen LogP contribution is 2.63. The van der Waals surface area contributed by atoms with Crippen molar-refractivity contribution in [3.63, 3.8) is 0 Å². The lowest BCUT2D eigenvalue weighted by atomic mass is 10.2. The second kappa shape index (κ2) is 7.99.